The first-order chi connectivity index (χ1) is 11.7. The molecule has 0 amide bonds. The molecule has 0 bridgehead atoms. The van der Waals surface area contributed by atoms with E-state index >= 15 is 0 Å². The number of hydrogen-bond donors (Lipinski definition) is 0. The summed E-state index contributed by atoms with van der Waals surface area (Å²) in [5.74, 6) is 0. The summed E-state index contributed by atoms with van der Waals surface area (Å²) in [6.45, 7) is 2.19. The third kappa shape index (κ3) is 4.45. The zero-order valence-electron chi connectivity index (χ0n) is 14.2. The Morgan fingerprint density at radius 1 is 1.29 bits per heavy atom. The van der Waals surface area contributed by atoms with Crippen LogP contribution in [0.4, 0.5) is 5.69 Å². The van der Waals surface area contributed by atoms with E-state index in [1.54, 1.807) is 12.3 Å². The summed E-state index contributed by atoms with van der Waals surface area (Å²) in [4.78, 5) is 14.4. The van der Waals surface area contributed by atoms with E-state index in [9.17, 15) is 4.79 Å². The van der Waals surface area contributed by atoms with Crippen LogP contribution in [0.5, 0.6) is 0 Å². The van der Waals surface area contributed by atoms with Gasteiger partial charge in [0.1, 0.15) is 0 Å². The number of aromatic nitrogens is 2. The number of ether oxygens (including phenoxy) is 1. The molecule has 1 atom stereocenters. The van der Waals surface area contributed by atoms with E-state index in [0.29, 0.717) is 6.54 Å². The van der Waals surface area contributed by atoms with Crippen LogP contribution in [-0.2, 0) is 17.7 Å². The molecule has 0 aliphatic carbocycles. The van der Waals surface area contributed by atoms with Crippen molar-refractivity contribution in [2.45, 2.75) is 38.3 Å². The Bertz CT molecular complexity index is 693. The van der Waals surface area contributed by atoms with Crippen LogP contribution in [0.25, 0.3) is 0 Å². The van der Waals surface area contributed by atoms with Gasteiger partial charge < -0.3 is 9.64 Å². The monoisotopic (exact) mass is 327 g/mol. The normalized spacial score (nSPS) is 17.6. The van der Waals surface area contributed by atoms with Crippen molar-refractivity contribution >= 4 is 5.69 Å². The van der Waals surface area contributed by atoms with Gasteiger partial charge in [0.2, 0.25) is 0 Å². The first-order valence-electron chi connectivity index (χ1n) is 8.66. The van der Waals surface area contributed by atoms with Crippen LogP contribution in [0.1, 0.15) is 24.8 Å². The van der Waals surface area contributed by atoms with Crippen molar-refractivity contribution in [2.24, 2.45) is 0 Å². The molecule has 0 radical (unpaired) electrons. The first-order valence-corrected chi connectivity index (χ1v) is 8.66. The van der Waals surface area contributed by atoms with E-state index in [0.717, 1.165) is 38.1 Å². The molecular formula is C19H25N3O2. The number of hydrogen-bond acceptors (Lipinski definition) is 4. The highest BCUT2D eigenvalue weighted by molar-refractivity contribution is 5.42. The summed E-state index contributed by atoms with van der Waals surface area (Å²) >= 11 is 0. The third-order valence-corrected chi connectivity index (χ3v) is 4.53. The number of rotatable bonds is 6. The molecule has 2 aromatic rings. The zero-order chi connectivity index (χ0) is 16.8. The molecule has 0 saturated carbocycles. The maximum absolute atomic E-state index is 12.3. The van der Waals surface area contributed by atoms with Crippen LogP contribution in [0, 0.1) is 0 Å². The van der Waals surface area contributed by atoms with Gasteiger partial charge in [0.15, 0.2) is 0 Å². The molecule has 5 nitrogen and oxygen atoms in total. The minimum atomic E-state index is -0.0618. The molecule has 5 heteroatoms. The lowest BCUT2D eigenvalue weighted by molar-refractivity contribution is 0.00315. The Balaban J connectivity index is 1.59. The second kappa shape index (κ2) is 8.11. The molecule has 1 aromatic heterocycles. The predicted octanol–water partition coefficient (Wildman–Crippen LogP) is 2.49. The van der Waals surface area contributed by atoms with Gasteiger partial charge in [-0.25, -0.2) is 4.68 Å². The van der Waals surface area contributed by atoms with Gasteiger partial charge in [-0.2, -0.15) is 5.10 Å². The van der Waals surface area contributed by atoms with Crippen LogP contribution >= 0.6 is 0 Å². The molecule has 0 N–H and O–H groups in total. The lowest BCUT2D eigenvalue weighted by Crippen LogP contribution is -2.32. The standard InChI is InChI=1S/C19H25N3O2/c1-21(11-10-16-7-3-2-4-8-16)17-13-19(23)22(20-14-17)15-18-9-5-6-12-24-18/h2-4,7-8,13-14,18H,5-6,9-12,15H2,1H3/t18-/m0/s1. The first kappa shape index (κ1) is 16.7. The smallest absolute Gasteiger partial charge is 0.268 e. The third-order valence-electron chi connectivity index (χ3n) is 4.53. The minimum Gasteiger partial charge on any atom is -0.376 e. The SMILES string of the molecule is CN(CCc1ccccc1)c1cnn(C[C@@H]2CCCCO2)c(=O)c1. The lowest BCUT2D eigenvalue weighted by atomic mass is 10.1. The summed E-state index contributed by atoms with van der Waals surface area (Å²) in [5, 5.41) is 4.33. The molecular weight excluding hydrogens is 302 g/mol. The maximum atomic E-state index is 12.3. The maximum Gasteiger partial charge on any atom is 0.268 e. The Kier molecular flexibility index (Phi) is 5.64. The van der Waals surface area contributed by atoms with Crippen molar-refractivity contribution in [3.05, 3.63) is 58.5 Å². The van der Waals surface area contributed by atoms with E-state index in [1.807, 2.05) is 25.2 Å². The Labute approximate surface area is 142 Å². The van der Waals surface area contributed by atoms with E-state index in [1.165, 1.54) is 16.7 Å². The van der Waals surface area contributed by atoms with E-state index in [4.69, 9.17) is 4.74 Å². The second-order valence-corrected chi connectivity index (χ2v) is 6.38. The largest absolute Gasteiger partial charge is 0.376 e. The highest BCUT2D eigenvalue weighted by Gasteiger charge is 2.16. The van der Waals surface area contributed by atoms with Gasteiger partial charge in [-0.3, -0.25) is 4.79 Å². The summed E-state index contributed by atoms with van der Waals surface area (Å²) in [6.07, 6.45) is 6.12. The van der Waals surface area contributed by atoms with E-state index in [2.05, 4.69) is 22.1 Å². The highest BCUT2D eigenvalue weighted by Crippen LogP contribution is 2.14. The fourth-order valence-corrected chi connectivity index (χ4v) is 2.98. The van der Waals surface area contributed by atoms with Gasteiger partial charge in [0, 0.05) is 26.3 Å². The van der Waals surface area contributed by atoms with Gasteiger partial charge in [-0.1, -0.05) is 30.3 Å². The molecule has 2 heterocycles. The predicted molar refractivity (Wildman–Crippen MR) is 95.5 cm³/mol. The van der Waals surface area contributed by atoms with Crippen LogP contribution in [0.3, 0.4) is 0 Å². The fraction of sp³-hybridized carbons (Fsp3) is 0.474. The molecule has 0 spiro atoms. The number of anilines is 1. The molecule has 3 rings (SSSR count). The summed E-state index contributed by atoms with van der Waals surface area (Å²) in [6, 6.07) is 12.0. The Morgan fingerprint density at radius 3 is 2.83 bits per heavy atom. The van der Waals surface area contributed by atoms with Gasteiger partial charge in [0.05, 0.1) is 24.5 Å². The molecule has 1 aliphatic rings. The number of benzene rings is 1. The summed E-state index contributed by atoms with van der Waals surface area (Å²) < 4.78 is 7.21. The lowest BCUT2D eigenvalue weighted by Gasteiger charge is -2.23. The molecule has 24 heavy (non-hydrogen) atoms. The van der Waals surface area contributed by atoms with Gasteiger partial charge in [0.25, 0.3) is 5.56 Å². The van der Waals surface area contributed by atoms with Gasteiger partial charge in [-0.05, 0) is 31.2 Å². The topological polar surface area (TPSA) is 47.4 Å². The molecule has 128 valence electrons. The van der Waals surface area contributed by atoms with Crippen LogP contribution in [-0.4, -0.2) is 36.1 Å². The van der Waals surface area contributed by atoms with Gasteiger partial charge in [-0.15, -0.1) is 0 Å². The molecule has 0 unspecified atom stereocenters. The number of nitrogens with zero attached hydrogens (tertiary/aromatic N) is 3. The van der Waals surface area contributed by atoms with Crippen molar-refractivity contribution < 1.29 is 4.74 Å². The summed E-state index contributed by atoms with van der Waals surface area (Å²) in [7, 11) is 1.99. The average Bonchev–Trinajstić information content (AvgIpc) is 2.63. The van der Waals surface area contributed by atoms with Crippen LogP contribution < -0.4 is 10.5 Å². The summed E-state index contributed by atoms with van der Waals surface area (Å²) in [5.41, 5.74) is 2.09. The fourth-order valence-electron chi connectivity index (χ4n) is 2.98. The van der Waals surface area contributed by atoms with E-state index in [-0.39, 0.29) is 11.7 Å². The van der Waals surface area contributed by atoms with Crippen molar-refractivity contribution in [3.63, 3.8) is 0 Å². The van der Waals surface area contributed by atoms with E-state index < -0.39 is 0 Å². The van der Waals surface area contributed by atoms with Crippen molar-refractivity contribution in [1.82, 2.24) is 9.78 Å². The Hall–Kier alpha value is -2.14. The second-order valence-electron chi connectivity index (χ2n) is 6.38. The van der Waals surface area contributed by atoms with Crippen molar-refractivity contribution in [1.29, 1.82) is 0 Å². The minimum absolute atomic E-state index is 0.0618. The Morgan fingerprint density at radius 2 is 2.12 bits per heavy atom. The van der Waals surface area contributed by atoms with Crippen molar-refractivity contribution in [2.75, 3.05) is 25.1 Å². The van der Waals surface area contributed by atoms with Gasteiger partial charge >= 0.3 is 0 Å². The quantitative estimate of drug-likeness (QED) is 0.818. The average molecular weight is 327 g/mol. The highest BCUT2D eigenvalue weighted by atomic mass is 16.5. The van der Waals surface area contributed by atoms with Crippen molar-refractivity contribution in [3.8, 4) is 0 Å². The van der Waals surface area contributed by atoms with Crippen LogP contribution in [0.2, 0.25) is 0 Å². The van der Waals surface area contributed by atoms with Crippen LogP contribution in [0.15, 0.2) is 47.4 Å². The number of likely N-dealkylation sites (N-methyl/N-ethyl adjacent to an activating group) is 1. The molecule has 1 saturated heterocycles. The molecule has 1 aromatic carbocycles. The molecule has 1 aliphatic heterocycles. The molecule has 1 fully saturated rings. The zero-order valence-corrected chi connectivity index (χ0v) is 14.2.